The molecular formula is C19H16N2O4. The summed E-state index contributed by atoms with van der Waals surface area (Å²) < 4.78 is 10.9. The van der Waals surface area contributed by atoms with Crippen molar-refractivity contribution in [3.05, 3.63) is 71.8 Å². The van der Waals surface area contributed by atoms with Crippen molar-refractivity contribution in [1.82, 2.24) is 5.32 Å². The smallest absolute Gasteiger partial charge is 0.338 e. The Balaban J connectivity index is 1.71. The number of esters is 2. The van der Waals surface area contributed by atoms with Crippen LogP contribution in [-0.4, -0.2) is 36.7 Å². The van der Waals surface area contributed by atoms with Gasteiger partial charge in [0.25, 0.3) is 0 Å². The molecule has 0 amide bonds. The molecule has 1 heterocycles. The second-order valence-electron chi connectivity index (χ2n) is 5.56. The molecule has 6 heteroatoms. The minimum Gasteiger partial charge on any atom is -0.453 e. The Bertz CT molecular complexity index is 786. The summed E-state index contributed by atoms with van der Waals surface area (Å²) in [5, 5.41) is 12.1. The molecule has 0 bridgehead atoms. The zero-order valence-corrected chi connectivity index (χ0v) is 13.3. The van der Waals surface area contributed by atoms with Crippen LogP contribution in [0.15, 0.2) is 60.7 Å². The predicted octanol–water partition coefficient (Wildman–Crippen LogP) is 1.93. The summed E-state index contributed by atoms with van der Waals surface area (Å²) in [5.74, 6) is -1.08. The molecule has 3 atom stereocenters. The summed E-state index contributed by atoms with van der Waals surface area (Å²) in [7, 11) is 0. The van der Waals surface area contributed by atoms with E-state index in [0.717, 1.165) is 0 Å². The molecule has 1 aliphatic heterocycles. The minimum atomic E-state index is -0.870. The monoisotopic (exact) mass is 336 g/mol. The number of hydrogen-bond acceptors (Lipinski definition) is 6. The second-order valence-corrected chi connectivity index (χ2v) is 5.56. The van der Waals surface area contributed by atoms with Gasteiger partial charge < -0.3 is 9.47 Å². The van der Waals surface area contributed by atoms with E-state index < -0.39 is 30.2 Å². The Labute approximate surface area is 145 Å². The number of ether oxygens (including phenoxy) is 2. The molecule has 2 aromatic carbocycles. The van der Waals surface area contributed by atoms with E-state index in [9.17, 15) is 14.9 Å². The molecule has 6 nitrogen and oxygen atoms in total. The SMILES string of the molecule is N#C[C@H]1NC[C@@H](OC(=O)c2ccccc2)[C@@H]1OC(=O)c1ccccc1. The Kier molecular flexibility index (Phi) is 5.07. The van der Waals surface area contributed by atoms with Crippen molar-refractivity contribution in [2.75, 3.05) is 6.54 Å². The van der Waals surface area contributed by atoms with Crippen molar-refractivity contribution in [3.8, 4) is 6.07 Å². The molecular weight excluding hydrogens is 320 g/mol. The average molecular weight is 336 g/mol. The van der Waals surface area contributed by atoms with E-state index in [-0.39, 0.29) is 6.54 Å². The van der Waals surface area contributed by atoms with E-state index in [2.05, 4.69) is 5.32 Å². The van der Waals surface area contributed by atoms with Crippen LogP contribution in [0.1, 0.15) is 20.7 Å². The topological polar surface area (TPSA) is 88.4 Å². The molecule has 0 spiro atoms. The third kappa shape index (κ3) is 3.84. The van der Waals surface area contributed by atoms with Crippen LogP contribution in [0.3, 0.4) is 0 Å². The van der Waals surface area contributed by atoms with E-state index >= 15 is 0 Å². The van der Waals surface area contributed by atoms with Crippen molar-refractivity contribution in [3.63, 3.8) is 0 Å². The maximum atomic E-state index is 12.3. The van der Waals surface area contributed by atoms with Gasteiger partial charge in [-0.3, -0.25) is 5.32 Å². The number of hydrogen-bond donors (Lipinski definition) is 1. The summed E-state index contributed by atoms with van der Waals surface area (Å²) in [6, 6.07) is 18.3. The van der Waals surface area contributed by atoms with Gasteiger partial charge in [-0.2, -0.15) is 5.26 Å². The summed E-state index contributed by atoms with van der Waals surface area (Å²) in [4.78, 5) is 24.5. The summed E-state index contributed by atoms with van der Waals surface area (Å²) in [5.41, 5.74) is 0.773. The lowest BCUT2D eigenvalue weighted by Gasteiger charge is -2.21. The third-order valence-electron chi connectivity index (χ3n) is 3.89. The minimum absolute atomic E-state index is 0.240. The molecule has 0 unspecified atom stereocenters. The molecule has 1 saturated heterocycles. The highest BCUT2D eigenvalue weighted by atomic mass is 16.6. The van der Waals surface area contributed by atoms with Gasteiger partial charge in [0.15, 0.2) is 12.2 Å². The molecule has 1 aliphatic rings. The van der Waals surface area contributed by atoms with Crippen LogP contribution in [0.4, 0.5) is 0 Å². The van der Waals surface area contributed by atoms with Crippen molar-refractivity contribution in [2.24, 2.45) is 0 Å². The zero-order chi connectivity index (χ0) is 17.6. The van der Waals surface area contributed by atoms with Gasteiger partial charge in [-0.1, -0.05) is 36.4 Å². The van der Waals surface area contributed by atoms with Crippen LogP contribution >= 0.6 is 0 Å². The highest BCUT2D eigenvalue weighted by Crippen LogP contribution is 2.19. The third-order valence-corrected chi connectivity index (χ3v) is 3.89. The Morgan fingerprint density at radius 3 is 1.96 bits per heavy atom. The van der Waals surface area contributed by atoms with Gasteiger partial charge in [0, 0.05) is 6.54 Å². The zero-order valence-electron chi connectivity index (χ0n) is 13.3. The van der Waals surface area contributed by atoms with Gasteiger partial charge in [0.05, 0.1) is 17.2 Å². The number of nitriles is 1. The molecule has 1 fully saturated rings. The number of benzene rings is 2. The predicted molar refractivity (Wildman–Crippen MR) is 88.7 cm³/mol. The summed E-state index contributed by atoms with van der Waals surface area (Å²) in [6.07, 6.45) is -1.60. The number of rotatable bonds is 4. The first-order chi connectivity index (χ1) is 12.2. The van der Waals surface area contributed by atoms with Crippen molar-refractivity contribution in [1.29, 1.82) is 5.26 Å². The molecule has 3 rings (SSSR count). The molecule has 0 aliphatic carbocycles. The Morgan fingerprint density at radius 2 is 1.44 bits per heavy atom. The highest BCUT2D eigenvalue weighted by molar-refractivity contribution is 5.90. The molecule has 0 radical (unpaired) electrons. The number of carbonyl (C=O) groups is 2. The lowest BCUT2D eigenvalue weighted by Crippen LogP contribution is -2.38. The lowest BCUT2D eigenvalue weighted by atomic mass is 10.1. The van der Waals surface area contributed by atoms with Crippen molar-refractivity contribution >= 4 is 11.9 Å². The van der Waals surface area contributed by atoms with Crippen molar-refractivity contribution < 1.29 is 19.1 Å². The molecule has 25 heavy (non-hydrogen) atoms. The van der Waals surface area contributed by atoms with Crippen LogP contribution in [-0.2, 0) is 9.47 Å². The fraction of sp³-hybridized carbons (Fsp3) is 0.211. The van der Waals surface area contributed by atoms with Gasteiger partial charge >= 0.3 is 11.9 Å². The number of nitrogens with one attached hydrogen (secondary N) is 1. The molecule has 0 aromatic heterocycles. The van der Waals surface area contributed by atoms with Crippen LogP contribution < -0.4 is 5.32 Å². The van der Waals surface area contributed by atoms with E-state index in [4.69, 9.17) is 9.47 Å². The van der Waals surface area contributed by atoms with Gasteiger partial charge in [0.2, 0.25) is 0 Å². The van der Waals surface area contributed by atoms with Crippen LogP contribution in [0.5, 0.6) is 0 Å². The van der Waals surface area contributed by atoms with Gasteiger partial charge in [-0.25, -0.2) is 9.59 Å². The average Bonchev–Trinajstić information content (AvgIpc) is 3.04. The van der Waals surface area contributed by atoms with E-state index in [1.54, 1.807) is 60.7 Å². The molecule has 1 N–H and O–H groups in total. The highest BCUT2D eigenvalue weighted by Gasteiger charge is 2.42. The van der Waals surface area contributed by atoms with Crippen LogP contribution in [0, 0.1) is 11.3 Å². The summed E-state index contributed by atoms with van der Waals surface area (Å²) >= 11 is 0. The van der Waals surface area contributed by atoms with Crippen molar-refractivity contribution in [2.45, 2.75) is 18.2 Å². The quantitative estimate of drug-likeness (QED) is 0.858. The first-order valence-electron chi connectivity index (χ1n) is 7.84. The maximum Gasteiger partial charge on any atom is 0.338 e. The van der Waals surface area contributed by atoms with E-state index in [1.165, 1.54) is 0 Å². The Hall–Kier alpha value is -3.17. The molecule has 0 saturated carbocycles. The number of carbonyl (C=O) groups excluding carboxylic acids is 2. The van der Waals surface area contributed by atoms with Gasteiger partial charge in [-0.05, 0) is 24.3 Å². The molecule has 126 valence electrons. The van der Waals surface area contributed by atoms with E-state index in [1.807, 2.05) is 6.07 Å². The fourth-order valence-electron chi connectivity index (χ4n) is 2.61. The second kappa shape index (κ2) is 7.60. The molecule has 2 aromatic rings. The lowest BCUT2D eigenvalue weighted by molar-refractivity contribution is -0.0215. The first kappa shape index (κ1) is 16.7. The van der Waals surface area contributed by atoms with Gasteiger partial charge in [0.1, 0.15) is 6.04 Å². The van der Waals surface area contributed by atoms with E-state index in [0.29, 0.717) is 11.1 Å². The normalized spacial score (nSPS) is 22.0. The summed E-state index contributed by atoms with van der Waals surface area (Å²) in [6.45, 7) is 0.240. The Morgan fingerprint density at radius 1 is 0.920 bits per heavy atom. The fourth-order valence-corrected chi connectivity index (χ4v) is 2.61. The largest absolute Gasteiger partial charge is 0.453 e. The van der Waals surface area contributed by atoms with Gasteiger partial charge in [-0.15, -0.1) is 0 Å². The standard InChI is InChI=1S/C19H16N2O4/c20-11-15-17(25-19(23)14-9-5-2-6-10-14)16(12-21-15)24-18(22)13-7-3-1-4-8-13/h1-10,15-17,21H,12H2/t15-,16-,17-/m1/s1. The number of nitrogens with zero attached hydrogens (tertiary/aromatic N) is 1. The van der Waals surface area contributed by atoms with Crippen LogP contribution in [0.25, 0.3) is 0 Å². The first-order valence-corrected chi connectivity index (χ1v) is 7.84. The maximum absolute atomic E-state index is 12.3. The van der Waals surface area contributed by atoms with Crippen LogP contribution in [0.2, 0.25) is 0 Å².